The van der Waals surface area contributed by atoms with Crippen LogP contribution in [0, 0.1) is 12.8 Å². The van der Waals surface area contributed by atoms with E-state index in [-0.39, 0.29) is 24.7 Å². The van der Waals surface area contributed by atoms with E-state index in [1.54, 1.807) is 4.90 Å². The predicted octanol–water partition coefficient (Wildman–Crippen LogP) is 1.79. The molecule has 1 aliphatic heterocycles. The molecule has 0 aromatic heterocycles. The minimum absolute atomic E-state index is 0.0516. The Labute approximate surface area is 125 Å². The van der Waals surface area contributed by atoms with Crippen LogP contribution in [-0.2, 0) is 0 Å². The van der Waals surface area contributed by atoms with Crippen molar-refractivity contribution in [1.82, 2.24) is 10.2 Å². The lowest BCUT2D eigenvalue weighted by molar-refractivity contribution is 0.0443. The molecule has 116 valence electrons. The third-order valence-electron chi connectivity index (χ3n) is 3.65. The molecular weight excluding hydrogens is 268 g/mol. The van der Waals surface area contributed by atoms with Gasteiger partial charge in [-0.3, -0.25) is 0 Å². The molecule has 0 aliphatic carbocycles. The fourth-order valence-corrected chi connectivity index (χ4v) is 2.19. The number of rotatable bonds is 6. The SMILES string of the molecule is Cc1cccc(OC2CN(C(=O)NCC[C@@H](C)CO)C2)c1. The fourth-order valence-electron chi connectivity index (χ4n) is 2.19. The van der Waals surface area contributed by atoms with E-state index in [9.17, 15) is 4.79 Å². The Kier molecular flexibility index (Phi) is 5.44. The monoisotopic (exact) mass is 292 g/mol. The van der Waals surface area contributed by atoms with E-state index in [4.69, 9.17) is 9.84 Å². The van der Waals surface area contributed by atoms with Gasteiger partial charge < -0.3 is 20.1 Å². The number of carbonyl (C=O) groups excluding carboxylic acids is 1. The van der Waals surface area contributed by atoms with Gasteiger partial charge in [-0.15, -0.1) is 0 Å². The highest BCUT2D eigenvalue weighted by Crippen LogP contribution is 2.19. The van der Waals surface area contributed by atoms with Crippen LogP contribution in [0.2, 0.25) is 0 Å². The van der Waals surface area contributed by atoms with Gasteiger partial charge in [0.2, 0.25) is 0 Å². The van der Waals surface area contributed by atoms with Gasteiger partial charge in [0.1, 0.15) is 11.9 Å². The number of nitrogens with zero attached hydrogens (tertiary/aromatic N) is 1. The highest BCUT2D eigenvalue weighted by atomic mass is 16.5. The summed E-state index contributed by atoms with van der Waals surface area (Å²) >= 11 is 0. The molecular formula is C16H24N2O3. The molecule has 21 heavy (non-hydrogen) atoms. The smallest absolute Gasteiger partial charge is 0.317 e. The van der Waals surface area contributed by atoms with Gasteiger partial charge in [0.25, 0.3) is 0 Å². The van der Waals surface area contributed by atoms with Crippen LogP contribution in [0.4, 0.5) is 4.79 Å². The van der Waals surface area contributed by atoms with E-state index in [1.165, 1.54) is 5.56 Å². The third-order valence-corrected chi connectivity index (χ3v) is 3.65. The first-order valence-electron chi connectivity index (χ1n) is 7.45. The van der Waals surface area contributed by atoms with Crippen LogP contribution in [0.25, 0.3) is 0 Å². The summed E-state index contributed by atoms with van der Waals surface area (Å²) in [6.07, 6.45) is 0.869. The largest absolute Gasteiger partial charge is 0.487 e. The van der Waals surface area contributed by atoms with Crippen LogP contribution in [0.1, 0.15) is 18.9 Å². The maximum atomic E-state index is 11.8. The molecule has 0 radical (unpaired) electrons. The number of nitrogens with one attached hydrogen (secondary N) is 1. The number of aliphatic hydroxyl groups is 1. The fraction of sp³-hybridized carbons (Fsp3) is 0.562. The topological polar surface area (TPSA) is 61.8 Å². The second kappa shape index (κ2) is 7.31. The number of carbonyl (C=O) groups is 1. The molecule has 1 saturated heterocycles. The Morgan fingerprint density at radius 2 is 2.29 bits per heavy atom. The van der Waals surface area contributed by atoms with E-state index in [2.05, 4.69) is 5.32 Å². The van der Waals surface area contributed by atoms with Crippen LogP contribution in [0.15, 0.2) is 24.3 Å². The molecule has 0 bridgehead atoms. The van der Waals surface area contributed by atoms with Crippen molar-refractivity contribution in [2.45, 2.75) is 26.4 Å². The molecule has 1 aromatic rings. The molecule has 1 aliphatic rings. The molecule has 2 N–H and O–H groups in total. The van der Waals surface area contributed by atoms with Gasteiger partial charge in [0.15, 0.2) is 0 Å². The van der Waals surface area contributed by atoms with Crippen molar-refractivity contribution in [2.75, 3.05) is 26.2 Å². The number of amides is 2. The lowest BCUT2D eigenvalue weighted by Crippen LogP contribution is -2.59. The average Bonchev–Trinajstić information content (AvgIpc) is 2.42. The number of urea groups is 1. The summed E-state index contributed by atoms with van der Waals surface area (Å²) in [6, 6.07) is 7.88. The quantitative estimate of drug-likeness (QED) is 0.840. The molecule has 5 nitrogen and oxygen atoms in total. The van der Waals surface area contributed by atoms with Gasteiger partial charge in [-0.25, -0.2) is 4.79 Å². The number of hydrogen-bond acceptors (Lipinski definition) is 3. The zero-order chi connectivity index (χ0) is 15.2. The first-order chi connectivity index (χ1) is 10.1. The first-order valence-corrected chi connectivity index (χ1v) is 7.45. The van der Waals surface area contributed by atoms with E-state index in [1.807, 2.05) is 38.1 Å². The molecule has 1 atom stereocenters. The number of benzene rings is 1. The summed E-state index contributed by atoms with van der Waals surface area (Å²) in [4.78, 5) is 13.6. The zero-order valence-electron chi connectivity index (χ0n) is 12.7. The molecule has 0 spiro atoms. The molecule has 1 fully saturated rings. The highest BCUT2D eigenvalue weighted by Gasteiger charge is 2.32. The molecule has 0 unspecified atom stereocenters. The molecule has 2 rings (SSSR count). The molecule has 2 amide bonds. The summed E-state index contributed by atoms with van der Waals surface area (Å²) < 4.78 is 5.82. The van der Waals surface area contributed by atoms with E-state index in [0.29, 0.717) is 19.6 Å². The number of ether oxygens (including phenoxy) is 1. The van der Waals surface area contributed by atoms with Gasteiger partial charge >= 0.3 is 6.03 Å². The lowest BCUT2D eigenvalue weighted by atomic mass is 10.1. The average molecular weight is 292 g/mol. The zero-order valence-corrected chi connectivity index (χ0v) is 12.7. The Balaban J connectivity index is 1.65. The van der Waals surface area contributed by atoms with Crippen molar-refractivity contribution in [3.05, 3.63) is 29.8 Å². The van der Waals surface area contributed by atoms with Crippen LogP contribution in [0.5, 0.6) is 5.75 Å². The van der Waals surface area contributed by atoms with Crippen LogP contribution in [-0.4, -0.2) is 48.4 Å². The van der Waals surface area contributed by atoms with Crippen molar-refractivity contribution in [1.29, 1.82) is 0 Å². The second-order valence-electron chi connectivity index (χ2n) is 5.77. The summed E-state index contributed by atoms with van der Waals surface area (Å²) in [5, 5.41) is 11.8. The lowest BCUT2D eigenvalue weighted by Gasteiger charge is -2.38. The minimum atomic E-state index is -0.0516. The van der Waals surface area contributed by atoms with Crippen LogP contribution < -0.4 is 10.1 Å². The Hall–Kier alpha value is -1.75. The Morgan fingerprint density at radius 3 is 2.95 bits per heavy atom. The van der Waals surface area contributed by atoms with Crippen molar-refractivity contribution in [3.63, 3.8) is 0 Å². The Bertz CT molecular complexity index is 472. The van der Waals surface area contributed by atoms with Crippen molar-refractivity contribution in [3.8, 4) is 5.75 Å². The normalized spacial score (nSPS) is 16.2. The molecule has 5 heteroatoms. The Morgan fingerprint density at radius 1 is 1.52 bits per heavy atom. The summed E-state index contributed by atoms with van der Waals surface area (Å²) in [5.74, 6) is 1.08. The second-order valence-corrected chi connectivity index (χ2v) is 5.77. The molecule has 1 heterocycles. The summed E-state index contributed by atoms with van der Waals surface area (Å²) in [7, 11) is 0. The minimum Gasteiger partial charge on any atom is -0.487 e. The van der Waals surface area contributed by atoms with E-state index in [0.717, 1.165) is 12.2 Å². The van der Waals surface area contributed by atoms with Gasteiger partial charge in [-0.1, -0.05) is 19.1 Å². The molecule has 0 saturated carbocycles. The van der Waals surface area contributed by atoms with Gasteiger partial charge in [0.05, 0.1) is 13.1 Å². The van der Waals surface area contributed by atoms with Crippen molar-refractivity contribution in [2.24, 2.45) is 5.92 Å². The standard InChI is InChI=1S/C16H24N2O3/c1-12-4-3-5-14(8-12)21-15-9-18(10-15)16(20)17-7-6-13(2)11-19/h3-5,8,13,15,19H,6-7,9-11H2,1-2H3,(H,17,20)/t13-/m1/s1. The summed E-state index contributed by atoms with van der Waals surface area (Å²) in [5.41, 5.74) is 1.17. The van der Waals surface area contributed by atoms with Crippen LogP contribution >= 0.6 is 0 Å². The van der Waals surface area contributed by atoms with Gasteiger partial charge in [-0.05, 0) is 37.0 Å². The highest BCUT2D eigenvalue weighted by molar-refractivity contribution is 5.75. The van der Waals surface area contributed by atoms with Crippen LogP contribution in [0.3, 0.4) is 0 Å². The first kappa shape index (κ1) is 15.6. The third kappa shape index (κ3) is 4.63. The number of likely N-dealkylation sites (tertiary alicyclic amines) is 1. The number of aliphatic hydroxyl groups excluding tert-OH is 1. The van der Waals surface area contributed by atoms with Crippen molar-refractivity contribution < 1.29 is 14.6 Å². The van der Waals surface area contributed by atoms with Crippen molar-refractivity contribution >= 4 is 6.03 Å². The predicted molar refractivity (Wildman–Crippen MR) is 81.4 cm³/mol. The van der Waals surface area contributed by atoms with Gasteiger partial charge in [0, 0.05) is 13.2 Å². The maximum Gasteiger partial charge on any atom is 0.317 e. The maximum absolute atomic E-state index is 11.8. The summed E-state index contributed by atoms with van der Waals surface area (Å²) in [6.45, 7) is 5.99. The van der Waals surface area contributed by atoms with Gasteiger partial charge in [-0.2, -0.15) is 0 Å². The van der Waals surface area contributed by atoms with E-state index < -0.39 is 0 Å². The molecule has 1 aromatic carbocycles. The number of aryl methyl sites for hydroxylation is 1. The van der Waals surface area contributed by atoms with E-state index >= 15 is 0 Å². The number of hydrogen-bond donors (Lipinski definition) is 2.